The van der Waals surface area contributed by atoms with Gasteiger partial charge in [-0.05, 0) is 52.6 Å². The molecule has 0 unspecified atom stereocenters. The molecule has 0 aromatic heterocycles. The van der Waals surface area contributed by atoms with E-state index in [1.54, 1.807) is 0 Å². The minimum absolute atomic E-state index is 0. The molecule has 0 spiro atoms. The zero-order valence-corrected chi connectivity index (χ0v) is 29.0. The van der Waals surface area contributed by atoms with Gasteiger partial charge < -0.3 is 19.9 Å². The maximum Gasteiger partial charge on any atom is 1.00 e. The number of rotatable bonds is 10. The Kier molecular flexibility index (Phi) is 16.3. The number of cyclic esters (lactones) is 2. The van der Waals surface area contributed by atoms with Crippen LogP contribution in [0.3, 0.4) is 0 Å². The summed E-state index contributed by atoms with van der Waals surface area (Å²) >= 11 is 0. The van der Waals surface area contributed by atoms with Gasteiger partial charge in [-0.1, -0.05) is 136 Å². The fourth-order valence-corrected chi connectivity index (χ4v) is 5.28. The van der Waals surface area contributed by atoms with Crippen molar-refractivity contribution in [3.05, 3.63) is 126 Å². The van der Waals surface area contributed by atoms with Gasteiger partial charge in [0.1, 0.15) is 6.61 Å². The monoisotopic (exact) mass is 670 g/mol. The minimum atomic E-state index is -0.753. The van der Waals surface area contributed by atoms with Gasteiger partial charge in [0.25, 0.3) is 0 Å². The van der Waals surface area contributed by atoms with Crippen LogP contribution < -0.4 is 18.9 Å². The Morgan fingerprint density at radius 3 is 1.56 bits per heavy atom. The summed E-state index contributed by atoms with van der Waals surface area (Å²) in [6.45, 7) is 4.73. The van der Waals surface area contributed by atoms with Crippen LogP contribution >= 0.6 is 0 Å². The smallest absolute Gasteiger partial charge is 0.612 e. The Balaban J connectivity index is 0.000000226. The number of benzene rings is 4. The fourth-order valence-electron chi connectivity index (χ4n) is 5.28. The van der Waals surface area contributed by atoms with Crippen molar-refractivity contribution < 1.29 is 52.6 Å². The third kappa shape index (κ3) is 12.2. The van der Waals surface area contributed by atoms with Crippen LogP contribution in [-0.2, 0) is 31.9 Å². The molecule has 2 atom stereocenters. The van der Waals surface area contributed by atoms with Crippen LogP contribution in [0.15, 0.2) is 109 Å². The summed E-state index contributed by atoms with van der Waals surface area (Å²) < 4.78 is 9.52. The molecule has 4 aromatic carbocycles. The number of hydrogen-bond acceptors (Lipinski definition) is 6. The third-order valence-corrected chi connectivity index (χ3v) is 8.24. The molecule has 0 saturated carbocycles. The Morgan fingerprint density at radius 2 is 1.16 bits per heavy atom. The number of carboxylic acids is 1. The average molecular weight is 671 g/mol. The molecule has 2 aliphatic heterocycles. The summed E-state index contributed by atoms with van der Waals surface area (Å²) in [6, 6.07) is 36.6. The molecule has 3 amide bonds. The van der Waals surface area contributed by atoms with Gasteiger partial charge >= 0.3 is 30.9 Å². The number of carbonyl (C=O) groups excluding carboxylic acids is 3. The molecule has 10 heteroatoms. The Morgan fingerprint density at radius 1 is 0.680 bits per heavy atom. The first-order valence-corrected chi connectivity index (χ1v) is 16.6. The summed E-state index contributed by atoms with van der Waals surface area (Å²) in [5.74, 6) is -0.909. The standard InChI is InChI=1S/C20H21NO3.C15H14O2.C5H9NO2.Li/c1-2-18-14-24-20(23)21(18)19(22)13-10-15-8-11-17(12-9-15)16-6-4-3-5-7-16;16-15(17)11-8-12-6-9-14(10-7-12)13-4-2-1-3-5-13;1-2-4-3-8-5(7)6-4;/h3-9,11-12,18H,2,10,13-14H2,1H3;1-7,9-10H,8,11H2,(H,16,17);4H,2-3H2,1H3,(H,6,7);/q;;;+1/p-1/t18-;;4-;/m1.1./s1. The summed E-state index contributed by atoms with van der Waals surface area (Å²) in [7, 11) is 0. The third-order valence-electron chi connectivity index (χ3n) is 8.24. The van der Waals surface area contributed by atoms with E-state index in [1.165, 1.54) is 16.0 Å². The molecule has 2 heterocycles. The molecular formula is C40H43LiN2O7. The second kappa shape index (κ2) is 20.6. The van der Waals surface area contributed by atoms with Crippen LogP contribution in [0.4, 0.5) is 9.59 Å². The zero-order valence-electron chi connectivity index (χ0n) is 29.0. The SMILES string of the molecule is CC[C@@H]1COC(=O)N1C(=O)CCc1ccc(-c2ccccc2)cc1.CC[C@@H]1COC(=O)[N-]1.O=C(O)CCc1ccc(-c2ccccc2)cc1.[Li+]. The summed E-state index contributed by atoms with van der Waals surface area (Å²) in [6.07, 6.45) is 2.41. The molecule has 256 valence electrons. The molecule has 9 nitrogen and oxygen atoms in total. The van der Waals surface area contributed by atoms with Crippen LogP contribution in [-0.4, -0.2) is 59.4 Å². The summed E-state index contributed by atoms with van der Waals surface area (Å²) in [5, 5.41) is 12.3. The maximum absolute atomic E-state index is 12.3. The first-order valence-electron chi connectivity index (χ1n) is 16.6. The first kappa shape index (κ1) is 39.6. The van der Waals surface area contributed by atoms with Crippen molar-refractivity contribution in [1.29, 1.82) is 0 Å². The normalized spacial score (nSPS) is 15.9. The Labute approximate surface area is 306 Å². The number of imide groups is 1. The van der Waals surface area contributed by atoms with Gasteiger partial charge in [0.05, 0.1) is 12.6 Å². The fraction of sp³-hybridized carbons (Fsp3) is 0.300. The number of aliphatic carboxylic acids is 1. The van der Waals surface area contributed by atoms with Crippen molar-refractivity contribution in [2.75, 3.05) is 13.2 Å². The minimum Gasteiger partial charge on any atom is -0.612 e. The number of carboxylic acid groups (broad SMARTS) is 1. The van der Waals surface area contributed by atoms with E-state index in [-0.39, 0.29) is 43.3 Å². The molecule has 50 heavy (non-hydrogen) atoms. The van der Waals surface area contributed by atoms with Crippen molar-refractivity contribution in [2.24, 2.45) is 0 Å². The van der Waals surface area contributed by atoms with Crippen molar-refractivity contribution in [1.82, 2.24) is 4.90 Å². The van der Waals surface area contributed by atoms with Gasteiger partial charge in [0, 0.05) is 12.8 Å². The van der Waals surface area contributed by atoms with Crippen LogP contribution in [0.25, 0.3) is 27.6 Å². The number of amides is 3. The topological polar surface area (TPSA) is 124 Å². The first-order chi connectivity index (χ1) is 23.8. The predicted octanol–water partition coefficient (Wildman–Crippen LogP) is 5.71. The largest absolute Gasteiger partial charge is 1.00 e. The summed E-state index contributed by atoms with van der Waals surface area (Å²) in [5.41, 5.74) is 6.81. The van der Waals surface area contributed by atoms with Crippen LogP contribution in [0.2, 0.25) is 0 Å². The van der Waals surface area contributed by atoms with E-state index in [2.05, 4.69) is 46.5 Å². The van der Waals surface area contributed by atoms with Crippen LogP contribution in [0.5, 0.6) is 0 Å². The second-order valence-corrected chi connectivity index (χ2v) is 11.7. The number of aryl methyl sites for hydroxylation is 2. The number of nitrogens with zero attached hydrogens (tertiary/aromatic N) is 2. The van der Waals surface area contributed by atoms with Gasteiger partial charge in [0.2, 0.25) is 12.0 Å². The summed E-state index contributed by atoms with van der Waals surface area (Å²) in [4.78, 5) is 46.0. The Hall–Kier alpha value is -4.84. The predicted molar refractivity (Wildman–Crippen MR) is 189 cm³/mol. The average Bonchev–Trinajstić information content (AvgIpc) is 3.75. The van der Waals surface area contributed by atoms with Gasteiger partial charge in [-0.15, -0.1) is 0 Å². The van der Waals surface area contributed by atoms with Gasteiger partial charge in [0.15, 0.2) is 0 Å². The molecule has 2 aliphatic rings. The van der Waals surface area contributed by atoms with Crippen molar-refractivity contribution >= 4 is 24.1 Å². The van der Waals surface area contributed by atoms with E-state index in [1.807, 2.05) is 86.6 Å². The van der Waals surface area contributed by atoms with Crippen molar-refractivity contribution in [3.63, 3.8) is 0 Å². The van der Waals surface area contributed by atoms with Gasteiger partial charge in [-0.3, -0.25) is 14.4 Å². The quantitative estimate of drug-likeness (QED) is 0.215. The zero-order chi connectivity index (χ0) is 35.0. The number of ether oxygens (including phenoxy) is 2. The van der Waals surface area contributed by atoms with Gasteiger partial charge in [-0.25, -0.2) is 9.69 Å². The second-order valence-electron chi connectivity index (χ2n) is 11.7. The van der Waals surface area contributed by atoms with Crippen molar-refractivity contribution in [2.45, 2.75) is 64.5 Å². The number of hydrogen-bond donors (Lipinski definition) is 1. The molecule has 2 fully saturated rings. The van der Waals surface area contributed by atoms with Gasteiger partial charge in [-0.2, -0.15) is 0 Å². The van der Waals surface area contributed by atoms with E-state index in [0.717, 1.165) is 35.1 Å². The van der Waals surface area contributed by atoms with E-state index in [9.17, 15) is 19.2 Å². The maximum atomic E-state index is 12.3. The van der Waals surface area contributed by atoms with Crippen LogP contribution in [0.1, 0.15) is 50.7 Å². The van der Waals surface area contributed by atoms with E-state index < -0.39 is 18.2 Å². The molecule has 0 bridgehead atoms. The van der Waals surface area contributed by atoms with E-state index >= 15 is 0 Å². The molecular weight excluding hydrogens is 627 g/mol. The van der Waals surface area contributed by atoms with Crippen molar-refractivity contribution in [3.8, 4) is 22.3 Å². The number of carbonyl (C=O) groups is 4. The molecule has 2 saturated heterocycles. The van der Waals surface area contributed by atoms with E-state index in [0.29, 0.717) is 32.5 Å². The molecule has 4 aromatic rings. The van der Waals surface area contributed by atoms with E-state index in [4.69, 9.17) is 9.84 Å². The molecule has 1 N–H and O–H groups in total. The molecule has 0 radical (unpaired) electrons. The molecule has 6 rings (SSSR count). The Bertz CT molecular complexity index is 1650. The molecule has 0 aliphatic carbocycles. The van der Waals surface area contributed by atoms with Crippen LogP contribution in [0, 0.1) is 0 Å².